The fourth-order valence-electron chi connectivity index (χ4n) is 2.50. The number of aromatic hydroxyl groups is 1. The maximum Gasteiger partial charge on any atom is 0.319 e. The van der Waals surface area contributed by atoms with Crippen LogP contribution in [0.1, 0.15) is 33.6 Å². The first-order chi connectivity index (χ1) is 11.1. The number of benzene rings is 1. The number of urea groups is 1. The molecular formula is C16H21ClN2O4S. The Labute approximate surface area is 146 Å². The van der Waals surface area contributed by atoms with Gasteiger partial charge in [0.1, 0.15) is 4.90 Å². The smallest absolute Gasteiger partial charge is 0.319 e. The predicted octanol–water partition coefficient (Wildman–Crippen LogP) is 3.46. The third-order valence-electron chi connectivity index (χ3n) is 4.01. The normalized spacial score (nSPS) is 17.7. The van der Waals surface area contributed by atoms with Crippen molar-refractivity contribution in [3.8, 4) is 5.75 Å². The van der Waals surface area contributed by atoms with E-state index in [0.29, 0.717) is 0 Å². The highest BCUT2D eigenvalue weighted by atomic mass is 35.5. The van der Waals surface area contributed by atoms with E-state index in [-0.39, 0.29) is 21.6 Å². The van der Waals surface area contributed by atoms with Crippen molar-refractivity contribution in [3.05, 3.63) is 28.8 Å². The summed E-state index contributed by atoms with van der Waals surface area (Å²) in [4.78, 5) is 11.7. The summed E-state index contributed by atoms with van der Waals surface area (Å²) in [6.07, 6.45) is 3.77. The molecule has 0 radical (unpaired) electrons. The summed E-state index contributed by atoms with van der Waals surface area (Å²) in [6.45, 7) is 4.92. The minimum Gasteiger partial charge on any atom is -0.504 e. The van der Waals surface area contributed by atoms with Gasteiger partial charge in [0, 0.05) is 0 Å². The van der Waals surface area contributed by atoms with E-state index in [1.165, 1.54) is 26.0 Å². The molecule has 1 unspecified atom stereocenters. The maximum absolute atomic E-state index is 12.4. The lowest BCUT2D eigenvalue weighted by molar-refractivity contribution is 0.249. The van der Waals surface area contributed by atoms with Gasteiger partial charge in [0.05, 0.1) is 22.0 Å². The van der Waals surface area contributed by atoms with Crippen LogP contribution in [0.3, 0.4) is 0 Å². The van der Waals surface area contributed by atoms with Gasteiger partial charge in [-0.2, -0.15) is 0 Å². The molecule has 0 aromatic heterocycles. The average Bonchev–Trinajstić information content (AvgIpc) is 2.87. The molecule has 1 aromatic carbocycles. The fourth-order valence-corrected chi connectivity index (χ4v) is 4.17. The van der Waals surface area contributed by atoms with E-state index >= 15 is 0 Å². The number of phenolic OH excluding ortho intramolecular Hbond substituents is 1. The van der Waals surface area contributed by atoms with Crippen LogP contribution in [0.2, 0.25) is 5.02 Å². The van der Waals surface area contributed by atoms with Crippen molar-refractivity contribution in [2.24, 2.45) is 0 Å². The quantitative estimate of drug-likeness (QED) is 0.557. The number of amides is 2. The van der Waals surface area contributed by atoms with E-state index in [1.807, 2.05) is 6.92 Å². The number of rotatable bonds is 4. The van der Waals surface area contributed by atoms with E-state index in [0.717, 1.165) is 18.4 Å². The Morgan fingerprint density at radius 2 is 2.04 bits per heavy atom. The van der Waals surface area contributed by atoms with Crippen molar-refractivity contribution < 1.29 is 18.3 Å². The number of sulfone groups is 1. The van der Waals surface area contributed by atoms with Crippen molar-refractivity contribution in [3.63, 3.8) is 0 Å². The van der Waals surface area contributed by atoms with E-state index in [4.69, 9.17) is 11.6 Å². The van der Waals surface area contributed by atoms with E-state index < -0.39 is 26.9 Å². The third-order valence-corrected chi connectivity index (χ3v) is 6.66. The Hall–Kier alpha value is -1.73. The SMILES string of the molecule is CC1=CCCC1NC(=O)Nc1ccc(Cl)c(S(=O)(=O)C(C)C)c1O. The molecule has 1 aromatic rings. The highest BCUT2D eigenvalue weighted by Gasteiger charge is 2.28. The fraction of sp³-hybridized carbons (Fsp3) is 0.438. The molecule has 24 heavy (non-hydrogen) atoms. The van der Waals surface area contributed by atoms with Gasteiger partial charge >= 0.3 is 6.03 Å². The lowest BCUT2D eigenvalue weighted by atomic mass is 10.2. The lowest BCUT2D eigenvalue weighted by Crippen LogP contribution is -2.37. The van der Waals surface area contributed by atoms with Crippen LogP contribution in [-0.4, -0.2) is 30.8 Å². The number of allylic oxidation sites excluding steroid dienone is 1. The van der Waals surface area contributed by atoms with Crippen LogP contribution in [-0.2, 0) is 9.84 Å². The van der Waals surface area contributed by atoms with Crippen molar-refractivity contribution in [2.75, 3.05) is 5.32 Å². The Balaban J connectivity index is 2.26. The minimum absolute atomic E-state index is 0.00393. The first kappa shape index (κ1) is 18.6. The number of carbonyl (C=O) groups excluding carboxylic acids is 1. The van der Waals surface area contributed by atoms with Gasteiger partial charge in [-0.25, -0.2) is 13.2 Å². The largest absolute Gasteiger partial charge is 0.504 e. The highest BCUT2D eigenvalue weighted by Crippen LogP contribution is 2.38. The number of anilines is 1. The summed E-state index contributed by atoms with van der Waals surface area (Å²) in [5.74, 6) is -0.551. The van der Waals surface area contributed by atoms with Crippen LogP contribution >= 0.6 is 11.6 Å². The summed E-state index contributed by atoms with van der Waals surface area (Å²) in [6, 6.07) is 2.14. The van der Waals surface area contributed by atoms with Crippen LogP contribution in [0.4, 0.5) is 10.5 Å². The minimum atomic E-state index is -3.79. The number of hydrogen-bond donors (Lipinski definition) is 3. The van der Waals surface area contributed by atoms with Gasteiger partial charge in [0.2, 0.25) is 0 Å². The topological polar surface area (TPSA) is 95.5 Å². The van der Waals surface area contributed by atoms with Gasteiger partial charge in [0.15, 0.2) is 15.6 Å². The number of halogens is 1. The summed E-state index contributed by atoms with van der Waals surface area (Å²) in [5.41, 5.74) is 1.07. The molecular weight excluding hydrogens is 352 g/mol. The maximum atomic E-state index is 12.4. The summed E-state index contributed by atoms with van der Waals surface area (Å²) >= 11 is 5.95. The van der Waals surface area contributed by atoms with Crippen LogP contribution in [0.5, 0.6) is 5.75 Å². The second kappa shape index (κ2) is 7.03. The molecule has 8 heteroatoms. The van der Waals surface area contributed by atoms with Gasteiger partial charge in [-0.3, -0.25) is 0 Å². The Morgan fingerprint density at radius 3 is 2.58 bits per heavy atom. The number of carbonyl (C=O) groups is 1. The first-order valence-corrected chi connectivity index (χ1v) is 9.56. The van der Waals surface area contributed by atoms with E-state index in [1.54, 1.807) is 0 Å². The molecule has 1 aliphatic rings. The predicted molar refractivity (Wildman–Crippen MR) is 94.4 cm³/mol. The molecule has 0 bridgehead atoms. The third kappa shape index (κ3) is 3.67. The molecule has 0 spiro atoms. The molecule has 0 heterocycles. The highest BCUT2D eigenvalue weighted by molar-refractivity contribution is 7.92. The zero-order chi connectivity index (χ0) is 18.1. The summed E-state index contributed by atoms with van der Waals surface area (Å²) < 4.78 is 24.7. The molecule has 1 aliphatic carbocycles. The molecule has 2 rings (SSSR count). The number of nitrogens with one attached hydrogen (secondary N) is 2. The van der Waals surface area contributed by atoms with Crippen LogP contribution in [0.25, 0.3) is 0 Å². The second-order valence-electron chi connectivity index (χ2n) is 6.04. The lowest BCUT2D eigenvalue weighted by Gasteiger charge is -2.17. The van der Waals surface area contributed by atoms with Gasteiger partial charge in [-0.1, -0.05) is 23.3 Å². The zero-order valence-electron chi connectivity index (χ0n) is 13.8. The second-order valence-corrected chi connectivity index (χ2v) is 8.89. The molecule has 6 nitrogen and oxygen atoms in total. The van der Waals surface area contributed by atoms with Crippen LogP contribution < -0.4 is 10.6 Å². The molecule has 0 saturated carbocycles. The molecule has 0 fully saturated rings. The van der Waals surface area contributed by atoms with Crippen molar-refractivity contribution >= 4 is 33.2 Å². The molecule has 3 N–H and O–H groups in total. The molecule has 0 saturated heterocycles. The summed E-state index contributed by atoms with van der Waals surface area (Å²) in [7, 11) is -3.79. The number of hydrogen-bond acceptors (Lipinski definition) is 4. The zero-order valence-corrected chi connectivity index (χ0v) is 15.3. The average molecular weight is 373 g/mol. The van der Waals surface area contributed by atoms with Gasteiger partial charge in [-0.05, 0) is 45.7 Å². The molecule has 0 aliphatic heterocycles. The van der Waals surface area contributed by atoms with Gasteiger partial charge < -0.3 is 15.7 Å². The van der Waals surface area contributed by atoms with Crippen molar-refractivity contribution in [1.29, 1.82) is 0 Å². The standard InChI is InChI=1S/C16H21ClN2O4S/c1-9(2)24(22,23)15-11(17)7-8-13(14(15)20)19-16(21)18-12-6-4-5-10(12)3/h5,7-9,12,20H,4,6H2,1-3H3,(H2,18,19,21). The van der Waals surface area contributed by atoms with E-state index in [9.17, 15) is 18.3 Å². The molecule has 132 valence electrons. The Morgan fingerprint density at radius 1 is 1.38 bits per heavy atom. The van der Waals surface area contributed by atoms with Gasteiger partial charge in [-0.15, -0.1) is 0 Å². The van der Waals surface area contributed by atoms with Crippen LogP contribution in [0, 0.1) is 0 Å². The first-order valence-electron chi connectivity index (χ1n) is 7.64. The summed E-state index contributed by atoms with van der Waals surface area (Å²) in [5, 5.41) is 14.7. The molecule has 1 atom stereocenters. The van der Waals surface area contributed by atoms with Crippen LogP contribution in [0.15, 0.2) is 28.7 Å². The van der Waals surface area contributed by atoms with E-state index in [2.05, 4.69) is 16.7 Å². The van der Waals surface area contributed by atoms with Crippen molar-refractivity contribution in [2.45, 2.75) is 49.8 Å². The monoisotopic (exact) mass is 372 g/mol. The Bertz CT molecular complexity index is 788. The van der Waals surface area contributed by atoms with Crippen molar-refractivity contribution in [1.82, 2.24) is 5.32 Å². The number of phenols is 1. The van der Waals surface area contributed by atoms with Gasteiger partial charge in [0.25, 0.3) is 0 Å². The molecule has 2 amide bonds. The Kier molecular flexibility index (Phi) is 5.45.